The summed E-state index contributed by atoms with van der Waals surface area (Å²) in [5.74, 6) is 0. The Bertz CT molecular complexity index is 285. The minimum Gasteiger partial charge on any atom is -0.396 e. The van der Waals surface area contributed by atoms with Gasteiger partial charge in [-0.25, -0.2) is 0 Å². The van der Waals surface area contributed by atoms with Crippen LogP contribution in [0.5, 0.6) is 0 Å². The van der Waals surface area contributed by atoms with E-state index in [4.69, 9.17) is 5.11 Å². The Morgan fingerprint density at radius 3 is 1.54 bits per heavy atom. The van der Waals surface area contributed by atoms with Crippen LogP contribution in [-0.2, 0) is 0 Å². The molecule has 0 aromatic heterocycles. The van der Waals surface area contributed by atoms with E-state index in [1.807, 2.05) is 0 Å². The number of aliphatic hydroxyl groups is 5. The summed E-state index contributed by atoms with van der Waals surface area (Å²) >= 11 is 0. The molecule has 0 fully saturated rings. The van der Waals surface area contributed by atoms with E-state index in [1.165, 1.54) is 0 Å². The van der Waals surface area contributed by atoms with Gasteiger partial charge in [-0.15, -0.1) is 0 Å². The van der Waals surface area contributed by atoms with Crippen LogP contribution in [0.2, 0.25) is 0 Å². The van der Waals surface area contributed by atoms with Crippen molar-refractivity contribution in [3.05, 3.63) is 0 Å². The molecule has 7 heteroatoms. The summed E-state index contributed by atoms with van der Waals surface area (Å²) in [4.78, 5) is 2.08. The molecule has 0 aliphatic rings. The van der Waals surface area contributed by atoms with Crippen LogP contribution in [0.1, 0.15) is 34.1 Å². The molecule has 146 valence electrons. The highest BCUT2D eigenvalue weighted by atomic mass is 16.3. The molecule has 0 aliphatic heterocycles. The van der Waals surface area contributed by atoms with Crippen LogP contribution < -0.4 is 0 Å². The predicted octanol–water partition coefficient (Wildman–Crippen LogP) is -0.989. The molecule has 0 aromatic rings. The summed E-state index contributed by atoms with van der Waals surface area (Å²) in [6, 6.07) is 0. The van der Waals surface area contributed by atoms with Crippen molar-refractivity contribution in [2.24, 2.45) is 0 Å². The molecule has 0 bridgehead atoms. The second kappa shape index (κ2) is 12.1. The summed E-state index contributed by atoms with van der Waals surface area (Å²) in [6.45, 7) is 10.9. The predicted molar refractivity (Wildman–Crippen MR) is 94.6 cm³/mol. The summed E-state index contributed by atoms with van der Waals surface area (Å²) in [5.41, 5.74) is 0. The van der Waals surface area contributed by atoms with Gasteiger partial charge < -0.3 is 30.0 Å². The lowest BCUT2D eigenvalue weighted by Gasteiger charge is -2.42. The summed E-state index contributed by atoms with van der Waals surface area (Å²) in [5, 5.41) is 48.4. The molecule has 0 aromatic carbocycles. The molecular weight excluding hydrogens is 312 g/mol. The van der Waals surface area contributed by atoms with Crippen LogP contribution in [0.25, 0.3) is 0 Å². The molecule has 0 rings (SSSR count). The molecule has 0 aliphatic carbocycles. The minimum atomic E-state index is -0.537. The van der Waals surface area contributed by atoms with E-state index in [-0.39, 0.29) is 6.61 Å². The van der Waals surface area contributed by atoms with Gasteiger partial charge in [0.1, 0.15) is 37.9 Å². The first-order valence-corrected chi connectivity index (χ1v) is 9.01. The van der Waals surface area contributed by atoms with E-state index in [9.17, 15) is 20.4 Å². The Morgan fingerprint density at radius 1 is 0.750 bits per heavy atom. The maximum Gasteiger partial charge on any atom is 0.105 e. The van der Waals surface area contributed by atoms with Gasteiger partial charge in [0, 0.05) is 26.2 Å². The second-order valence-corrected chi connectivity index (χ2v) is 7.39. The van der Waals surface area contributed by atoms with Crippen molar-refractivity contribution in [2.75, 3.05) is 52.4 Å². The average Bonchev–Trinajstić information content (AvgIpc) is 2.38. The molecule has 4 atom stereocenters. The van der Waals surface area contributed by atoms with E-state index in [2.05, 4.69) is 4.90 Å². The van der Waals surface area contributed by atoms with Gasteiger partial charge in [-0.05, 0) is 34.1 Å². The molecule has 7 nitrogen and oxygen atoms in total. The third-order valence-electron chi connectivity index (χ3n) is 4.00. The standard InChI is InChI=1S/C17H39N2O5/c1-14(21)10-18(6-5-9-20)7-8-19(11-15(2)22,12-16(3)23)13-17(4)24/h14-17,20-24H,5-13H2,1-4H3/q+1. The normalized spacial score (nSPS) is 19.8. The fourth-order valence-electron chi connectivity index (χ4n) is 3.49. The Labute approximate surface area is 146 Å². The zero-order valence-corrected chi connectivity index (χ0v) is 15.8. The van der Waals surface area contributed by atoms with E-state index < -0.39 is 24.4 Å². The molecule has 0 radical (unpaired) electrons. The van der Waals surface area contributed by atoms with Crippen LogP contribution >= 0.6 is 0 Å². The van der Waals surface area contributed by atoms with E-state index in [0.717, 1.165) is 0 Å². The fraction of sp³-hybridized carbons (Fsp3) is 1.00. The maximum atomic E-state index is 9.90. The SMILES string of the molecule is CC(O)CN(CCCO)CC[N+](CC(C)O)(CC(C)O)CC(C)O. The lowest BCUT2D eigenvalue weighted by atomic mass is 10.1. The monoisotopic (exact) mass is 351 g/mol. The van der Waals surface area contributed by atoms with Crippen LogP contribution in [0, 0.1) is 0 Å². The molecular formula is C17H39N2O5+. The maximum absolute atomic E-state index is 9.90. The lowest BCUT2D eigenvalue weighted by Crippen LogP contribution is -2.60. The topological polar surface area (TPSA) is 104 Å². The third kappa shape index (κ3) is 11.3. The number of aliphatic hydroxyl groups excluding tert-OH is 5. The summed E-state index contributed by atoms with van der Waals surface area (Å²) in [7, 11) is 0. The zero-order chi connectivity index (χ0) is 18.8. The summed E-state index contributed by atoms with van der Waals surface area (Å²) < 4.78 is 0.419. The van der Waals surface area contributed by atoms with Crippen LogP contribution in [0.4, 0.5) is 0 Å². The first kappa shape index (κ1) is 23.7. The first-order valence-electron chi connectivity index (χ1n) is 9.01. The Morgan fingerprint density at radius 2 is 1.21 bits per heavy atom. The highest BCUT2D eigenvalue weighted by molar-refractivity contribution is 4.64. The Hall–Kier alpha value is -0.280. The summed E-state index contributed by atoms with van der Waals surface area (Å²) in [6.07, 6.45) is -1.44. The van der Waals surface area contributed by atoms with Crippen LogP contribution in [-0.4, -0.2) is 112 Å². The van der Waals surface area contributed by atoms with Crippen molar-refractivity contribution in [1.29, 1.82) is 0 Å². The number of nitrogens with zero attached hydrogens (tertiary/aromatic N) is 2. The van der Waals surface area contributed by atoms with Crippen molar-refractivity contribution < 1.29 is 30.0 Å². The second-order valence-electron chi connectivity index (χ2n) is 7.39. The van der Waals surface area contributed by atoms with Crippen LogP contribution in [0.15, 0.2) is 0 Å². The molecule has 4 unspecified atom stereocenters. The first-order chi connectivity index (χ1) is 11.1. The highest BCUT2D eigenvalue weighted by Gasteiger charge is 2.32. The van der Waals surface area contributed by atoms with E-state index in [0.29, 0.717) is 56.7 Å². The number of hydrogen-bond acceptors (Lipinski definition) is 6. The van der Waals surface area contributed by atoms with Gasteiger partial charge in [0.25, 0.3) is 0 Å². The van der Waals surface area contributed by atoms with Crippen molar-refractivity contribution in [1.82, 2.24) is 4.90 Å². The van der Waals surface area contributed by atoms with Gasteiger partial charge in [0.2, 0.25) is 0 Å². The molecule has 5 N–H and O–H groups in total. The quantitative estimate of drug-likeness (QED) is 0.258. The van der Waals surface area contributed by atoms with Gasteiger partial charge in [-0.3, -0.25) is 4.90 Å². The third-order valence-corrected chi connectivity index (χ3v) is 4.00. The lowest BCUT2D eigenvalue weighted by molar-refractivity contribution is -0.935. The number of rotatable bonds is 14. The molecule has 0 spiro atoms. The average molecular weight is 352 g/mol. The van der Waals surface area contributed by atoms with E-state index in [1.54, 1.807) is 27.7 Å². The minimum absolute atomic E-state index is 0.103. The van der Waals surface area contributed by atoms with Gasteiger partial charge in [-0.1, -0.05) is 0 Å². The Kier molecular flexibility index (Phi) is 12.0. The Balaban J connectivity index is 5.08. The van der Waals surface area contributed by atoms with Gasteiger partial charge in [0.05, 0.1) is 12.6 Å². The highest BCUT2D eigenvalue weighted by Crippen LogP contribution is 2.13. The molecule has 0 saturated carbocycles. The smallest absolute Gasteiger partial charge is 0.105 e. The zero-order valence-electron chi connectivity index (χ0n) is 15.8. The van der Waals surface area contributed by atoms with Gasteiger partial charge >= 0.3 is 0 Å². The molecule has 0 heterocycles. The fourth-order valence-corrected chi connectivity index (χ4v) is 3.49. The van der Waals surface area contributed by atoms with Crippen molar-refractivity contribution in [3.63, 3.8) is 0 Å². The van der Waals surface area contributed by atoms with Crippen molar-refractivity contribution in [2.45, 2.75) is 58.5 Å². The molecule has 0 saturated heterocycles. The largest absolute Gasteiger partial charge is 0.396 e. The van der Waals surface area contributed by atoms with E-state index >= 15 is 0 Å². The van der Waals surface area contributed by atoms with Crippen molar-refractivity contribution >= 4 is 0 Å². The number of hydrogen-bond donors (Lipinski definition) is 5. The van der Waals surface area contributed by atoms with Gasteiger partial charge in [0.15, 0.2) is 0 Å². The van der Waals surface area contributed by atoms with Crippen molar-refractivity contribution in [3.8, 4) is 0 Å². The molecule has 24 heavy (non-hydrogen) atoms. The number of quaternary nitrogens is 1. The van der Waals surface area contributed by atoms with Gasteiger partial charge in [-0.2, -0.15) is 0 Å². The van der Waals surface area contributed by atoms with Crippen LogP contribution in [0.3, 0.4) is 0 Å². The molecule has 0 amide bonds.